The van der Waals surface area contributed by atoms with Crippen molar-refractivity contribution < 1.29 is 19.1 Å². The zero-order valence-corrected chi connectivity index (χ0v) is 16.2. The molecule has 146 valence electrons. The van der Waals surface area contributed by atoms with E-state index in [1.165, 1.54) is 11.8 Å². The van der Waals surface area contributed by atoms with E-state index in [4.69, 9.17) is 4.74 Å². The number of rotatable bonds is 5. The summed E-state index contributed by atoms with van der Waals surface area (Å²) in [6.07, 6.45) is 4.36. The standard InChI is InChI=1S/C18H29N3O4S/c22-16(13-26-14-17(23)20-9-11-25-12-10-20)19-5-7-21(8-6-19)18(24)15-3-1-2-4-15/h15H,1-14H2. The molecule has 0 atom stereocenters. The molecule has 8 heteroatoms. The van der Waals surface area contributed by atoms with Gasteiger partial charge in [0.2, 0.25) is 17.7 Å². The molecule has 0 radical (unpaired) electrons. The van der Waals surface area contributed by atoms with E-state index in [2.05, 4.69) is 0 Å². The molecule has 26 heavy (non-hydrogen) atoms. The maximum absolute atomic E-state index is 12.4. The molecule has 1 aliphatic carbocycles. The Morgan fingerprint density at radius 3 is 1.85 bits per heavy atom. The minimum Gasteiger partial charge on any atom is -0.378 e. The highest BCUT2D eigenvalue weighted by Crippen LogP contribution is 2.27. The third-order valence-electron chi connectivity index (χ3n) is 5.46. The van der Waals surface area contributed by atoms with Crippen LogP contribution in [0.5, 0.6) is 0 Å². The maximum Gasteiger partial charge on any atom is 0.232 e. The van der Waals surface area contributed by atoms with Crippen molar-refractivity contribution in [3.05, 3.63) is 0 Å². The number of piperazine rings is 1. The second-order valence-electron chi connectivity index (χ2n) is 7.17. The van der Waals surface area contributed by atoms with Gasteiger partial charge in [-0.25, -0.2) is 0 Å². The van der Waals surface area contributed by atoms with Crippen molar-refractivity contribution in [3.63, 3.8) is 0 Å². The van der Waals surface area contributed by atoms with Gasteiger partial charge in [0.15, 0.2) is 0 Å². The number of hydrogen-bond donors (Lipinski definition) is 0. The highest BCUT2D eigenvalue weighted by Gasteiger charge is 2.30. The molecular formula is C18H29N3O4S. The molecule has 0 spiro atoms. The summed E-state index contributed by atoms with van der Waals surface area (Å²) in [7, 11) is 0. The van der Waals surface area contributed by atoms with Crippen LogP contribution in [0.2, 0.25) is 0 Å². The molecule has 3 amide bonds. The molecule has 0 aromatic rings. The van der Waals surface area contributed by atoms with Crippen molar-refractivity contribution in [2.45, 2.75) is 25.7 Å². The lowest BCUT2D eigenvalue weighted by Crippen LogP contribution is -2.52. The van der Waals surface area contributed by atoms with Crippen LogP contribution in [0.3, 0.4) is 0 Å². The van der Waals surface area contributed by atoms with Gasteiger partial charge in [0.1, 0.15) is 0 Å². The Labute approximate surface area is 159 Å². The molecule has 1 saturated carbocycles. The predicted molar refractivity (Wildman–Crippen MR) is 99.8 cm³/mol. The fourth-order valence-electron chi connectivity index (χ4n) is 3.83. The van der Waals surface area contributed by atoms with Gasteiger partial charge in [0.25, 0.3) is 0 Å². The lowest BCUT2D eigenvalue weighted by atomic mass is 10.1. The fourth-order valence-corrected chi connectivity index (χ4v) is 4.64. The lowest BCUT2D eigenvalue weighted by Gasteiger charge is -2.36. The van der Waals surface area contributed by atoms with Crippen molar-refractivity contribution in [1.82, 2.24) is 14.7 Å². The highest BCUT2D eigenvalue weighted by atomic mass is 32.2. The average Bonchev–Trinajstić information content (AvgIpc) is 3.23. The van der Waals surface area contributed by atoms with Crippen LogP contribution >= 0.6 is 11.8 Å². The number of amides is 3. The fraction of sp³-hybridized carbons (Fsp3) is 0.833. The molecule has 2 heterocycles. The summed E-state index contributed by atoms with van der Waals surface area (Å²) in [5.74, 6) is 1.30. The van der Waals surface area contributed by atoms with Crippen LogP contribution in [-0.4, -0.2) is 96.4 Å². The third-order valence-corrected chi connectivity index (χ3v) is 6.37. The molecule has 3 fully saturated rings. The first-order valence-corrected chi connectivity index (χ1v) is 10.8. The SMILES string of the molecule is O=C(CSCC(=O)N1CCN(C(=O)C2CCCC2)CC1)N1CCOCC1. The Morgan fingerprint density at radius 2 is 1.27 bits per heavy atom. The first-order chi connectivity index (χ1) is 12.6. The molecule has 2 saturated heterocycles. The van der Waals surface area contributed by atoms with E-state index in [0.29, 0.717) is 64.0 Å². The van der Waals surface area contributed by atoms with Gasteiger partial charge in [-0.05, 0) is 12.8 Å². The molecule has 3 rings (SSSR count). The van der Waals surface area contributed by atoms with Crippen molar-refractivity contribution in [3.8, 4) is 0 Å². The van der Waals surface area contributed by atoms with Crippen molar-refractivity contribution in [1.29, 1.82) is 0 Å². The van der Waals surface area contributed by atoms with Crippen molar-refractivity contribution in [2.24, 2.45) is 5.92 Å². The average molecular weight is 384 g/mol. The number of carbonyl (C=O) groups is 3. The van der Waals surface area contributed by atoms with Crippen molar-refractivity contribution >= 4 is 29.5 Å². The Bertz CT molecular complexity index is 511. The lowest BCUT2D eigenvalue weighted by molar-refractivity contribution is -0.141. The minimum absolute atomic E-state index is 0.0674. The molecule has 0 aromatic carbocycles. The van der Waals surface area contributed by atoms with Gasteiger partial charge in [0.05, 0.1) is 24.7 Å². The third kappa shape index (κ3) is 5.13. The number of ether oxygens (including phenoxy) is 1. The van der Waals surface area contributed by atoms with Gasteiger partial charge < -0.3 is 19.4 Å². The van der Waals surface area contributed by atoms with E-state index < -0.39 is 0 Å². The summed E-state index contributed by atoms with van der Waals surface area (Å²) >= 11 is 1.38. The summed E-state index contributed by atoms with van der Waals surface area (Å²) in [5.41, 5.74) is 0. The zero-order valence-electron chi connectivity index (χ0n) is 15.4. The Hall–Kier alpha value is -1.28. The number of thioether (sulfide) groups is 1. The molecule has 2 aliphatic heterocycles. The number of hydrogen-bond acceptors (Lipinski definition) is 5. The molecule has 0 aromatic heterocycles. The van der Waals surface area contributed by atoms with E-state index in [-0.39, 0.29) is 23.6 Å². The number of carbonyl (C=O) groups excluding carboxylic acids is 3. The summed E-state index contributed by atoms with van der Waals surface area (Å²) in [6, 6.07) is 0. The topological polar surface area (TPSA) is 70.2 Å². The Morgan fingerprint density at radius 1 is 0.769 bits per heavy atom. The first kappa shape index (κ1) is 19.5. The van der Waals surface area contributed by atoms with Crippen LogP contribution in [0, 0.1) is 5.92 Å². The monoisotopic (exact) mass is 383 g/mol. The summed E-state index contributed by atoms with van der Waals surface area (Å²) in [4.78, 5) is 42.4. The van der Waals surface area contributed by atoms with Crippen LogP contribution in [0.4, 0.5) is 0 Å². The normalized spacial score (nSPS) is 21.9. The largest absolute Gasteiger partial charge is 0.378 e. The van der Waals surface area contributed by atoms with Gasteiger partial charge in [-0.2, -0.15) is 0 Å². The van der Waals surface area contributed by atoms with Gasteiger partial charge in [-0.1, -0.05) is 12.8 Å². The second kappa shape index (κ2) is 9.60. The minimum atomic E-state index is 0.0674. The zero-order chi connectivity index (χ0) is 18.4. The van der Waals surface area contributed by atoms with E-state index in [0.717, 1.165) is 25.7 Å². The van der Waals surface area contributed by atoms with Crippen LogP contribution in [0.1, 0.15) is 25.7 Å². The summed E-state index contributed by atoms with van der Waals surface area (Å²) in [5, 5.41) is 0. The molecule has 0 bridgehead atoms. The molecule has 0 unspecified atom stereocenters. The van der Waals surface area contributed by atoms with Crippen LogP contribution in [0.25, 0.3) is 0 Å². The smallest absolute Gasteiger partial charge is 0.232 e. The Balaban J connectivity index is 1.33. The van der Waals surface area contributed by atoms with Gasteiger partial charge in [0, 0.05) is 45.2 Å². The summed E-state index contributed by atoms with van der Waals surface area (Å²) < 4.78 is 5.24. The van der Waals surface area contributed by atoms with E-state index in [1.807, 2.05) is 9.80 Å². The first-order valence-electron chi connectivity index (χ1n) is 9.65. The van der Waals surface area contributed by atoms with Gasteiger partial charge in [-0.3, -0.25) is 14.4 Å². The number of nitrogens with zero attached hydrogens (tertiary/aromatic N) is 3. The predicted octanol–water partition coefficient (Wildman–Crippen LogP) is 0.439. The number of morpholine rings is 1. The van der Waals surface area contributed by atoms with E-state index >= 15 is 0 Å². The van der Waals surface area contributed by atoms with Gasteiger partial charge >= 0.3 is 0 Å². The molecule has 3 aliphatic rings. The van der Waals surface area contributed by atoms with Crippen LogP contribution in [0.15, 0.2) is 0 Å². The van der Waals surface area contributed by atoms with E-state index in [1.54, 1.807) is 4.90 Å². The summed E-state index contributed by atoms with van der Waals surface area (Å²) in [6.45, 7) is 4.97. The Kier molecular flexibility index (Phi) is 7.19. The molecular weight excluding hydrogens is 354 g/mol. The maximum atomic E-state index is 12.4. The highest BCUT2D eigenvalue weighted by molar-refractivity contribution is 8.00. The van der Waals surface area contributed by atoms with Crippen LogP contribution in [-0.2, 0) is 19.1 Å². The van der Waals surface area contributed by atoms with Crippen molar-refractivity contribution in [2.75, 3.05) is 64.0 Å². The van der Waals surface area contributed by atoms with E-state index in [9.17, 15) is 14.4 Å². The second-order valence-corrected chi connectivity index (χ2v) is 8.16. The molecule has 0 N–H and O–H groups in total. The molecule has 7 nitrogen and oxygen atoms in total. The quantitative estimate of drug-likeness (QED) is 0.689. The van der Waals surface area contributed by atoms with Crippen LogP contribution < -0.4 is 0 Å². The van der Waals surface area contributed by atoms with Gasteiger partial charge in [-0.15, -0.1) is 11.8 Å².